The lowest BCUT2D eigenvalue weighted by Gasteiger charge is -2.10. The molecule has 8 nitrogen and oxygen atoms in total. The van der Waals surface area contributed by atoms with Gasteiger partial charge < -0.3 is 19.5 Å². The van der Waals surface area contributed by atoms with Crippen LogP contribution in [0.3, 0.4) is 0 Å². The number of hydrogen-bond acceptors (Lipinski definition) is 6. The quantitative estimate of drug-likeness (QED) is 0.477. The number of fused-ring (bicyclic) bond motifs is 1. The van der Waals surface area contributed by atoms with Crippen LogP contribution in [0.5, 0.6) is 11.5 Å². The minimum atomic E-state index is -1.00. The molecule has 0 saturated heterocycles. The number of phenolic OH excluding ortho intramolecular Hbond substituents is 2. The summed E-state index contributed by atoms with van der Waals surface area (Å²) in [5.74, 6) is -3.03. The molecule has 3 rings (SSSR count). The standard InChI is InChI=1S/C19H16N2O6/c1-21-8-4-7-14(21)18(25)20-16(23)10-27-19(26)13-9-15(22)11-5-2-3-6-12(11)17(13)24/h2-9,22,24H,10H2,1H3,(H,20,23,25). The van der Waals surface area contributed by atoms with Crippen molar-refractivity contribution in [2.45, 2.75) is 0 Å². The third-order valence-electron chi connectivity index (χ3n) is 3.98. The monoisotopic (exact) mass is 368 g/mol. The second kappa shape index (κ2) is 7.20. The molecule has 3 N–H and O–H groups in total. The third-order valence-corrected chi connectivity index (χ3v) is 3.98. The van der Waals surface area contributed by atoms with Crippen molar-refractivity contribution in [2.24, 2.45) is 7.05 Å². The van der Waals surface area contributed by atoms with Crippen molar-refractivity contribution < 1.29 is 29.3 Å². The van der Waals surface area contributed by atoms with Crippen molar-refractivity contribution in [1.29, 1.82) is 0 Å². The van der Waals surface area contributed by atoms with Crippen LogP contribution in [0.4, 0.5) is 0 Å². The normalized spacial score (nSPS) is 10.6. The van der Waals surface area contributed by atoms with Gasteiger partial charge in [-0.15, -0.1) is 0 Å². The summed E-state index contributed by atoms with van der Waals surface area (Å²) < 4.78 is 6.37. The molecule has 1 aromatic heterocycles. The van der Waals surface area contributed by atoms with Crippen LogP contribution in [0.1, 0.15) is 20.8 Å². The first-order valence-corrected chi connectivity index (χ1v) is 7.95. The molecule has 0 spiro atoms. The maximum absolute atomic E-state index is 12.2. The van der Waals surface area contributed by atoms with Gasteiger partial charge in [0.1, 0.15) is 22.8 Å². The Hall–Kier alpha value is -3.81. The molecule has 0 aliphatic carbocycles. The Balaban J connectivity index is 1.68. The zero-order valence-electron chi connectivity index (χ0n) is 14.3. The van der Waals surface area contributed by atoms with Crippen molar-refractivity contribution in [3.8, 4) is 11.5 Å². The fraction of sp³-hybridized carbons (Fsp3) is 0.105. The van der Waals surface area contributed by atoms with E-state index in [0.717, 1.165) is 6.07 Å². The van der Waals surface area contributed by atoms with E-state index in [4.69, 9.17) is 4.74 Å². The molecule has 1 heterocycles. The maximum atomic E-state index is 12.2. The zero-order chi connectivity index (χ0) is 19.6. The predicted octanol–water partition coefficient (Wildman–Crippen LogP) is 1.70. The highest BCUT2D eigenvalue weighted by Gasteiger charge is 2.20. The number of nitrogens with one attached hydrogen (secondary N) is 1. The number of imide groups is 1. The second-order valence-electron chi connectivity index (χ2n) is 5.80. The molecule has 0 unspecified atom stereocenters. The number of aromatic nitrogens is 1. The molecule has 8 heteroatoms. The Morgan fingerprint density at radius 2 is 1.78 bits per heavy atom. The summed E-state index contributed by atoms with van der Waals surface area (Å²) in [7, 11) is 1.65. The van der Waals surface area contributed by atoms with Crippen LogP contribution in [0.2, 0.25) is 0 Å². The van der Waals surface area contributed by atoms with Gasteiger partial charge in [-0.3, -0.25) is 14.9 Å². The van der Waals surface area contributed by atoms with Gasteiger partial charge in [0.2, 0.25) is 0 Å². The fourth-order valence-corrected chi connectivity index (χ4v) is 2.63. The van der Waals surface area contributed by atoms with Crippen molar-refractivity contribution in [3.05, 3.63) is 59.9 Å². The molecule has 0 aliphatic rings. The van der Waals surface area contributed by atoms with Crippen LogP contribution in [0.25, 0.3) is 10.8 Å². The van der Waals surface area contributed by atoms with E-state index in [1.54, 1.807) is 37.5 Å². The van der Waals surface area contributed by atoms with E-state index in [-0.39, 0.29) is 28.1 Å². The predicted molar refractivity (Wildman–Crippen MR) is 95.4 cm³/mol. The van der Waals surface area contributed by atoms with Crippen LogP contribution in [0.15, 0.2) is 48.7 Å². The number of aromatic hydroxyl groups is 2. The number of carbonyl (C=O) groups excluding carboxylic acids is 3. The van der Waals surface area contributed by atoms with Crippen molar-refractivity contribution in [3.63, 3.8) is 0 Å². The molecule has 138 valence electrons. The van der Waals surface area contributed by atoms with Crippen LogP contribution >= 0.6 is 0 Å². The van der Waals surface area contributed by atoms with Crippen LogP contribution in [0, 0.1) is 0 Å². The molecule has 0 fully saturated rings. The molecule has 0 bridgehead atoms. The summed E-state index contributed by atoms with van der Waals surface area (Å²) >= 11 is 0. The van der Waals surface area contributed by atoms with E-state index in [0.29, 0.717) is 5.39 Å². The average Bonchev–Trinajstić information content (AvgIpc) is 3.09. The molecule has 0 saturated carbocycles. The number of carbonyl (C=O) groups is 3. The van der Waals surface area contributed by atoms with E-state index in [2.05, 4.69) is 5.32 Å². The minimum Gasteiger partial charge on any atom is -0.507 e. The van der Waals surface area contributed by atoms with E-state index in [1.165, 1.54) is 16.7 Å². The number of rotatable bonds is 4. The van der Waals surface area contributed by atoms with Gasteiger partial charge in [-0.05, 0) is 18.2 Å². The molecular formula is C19H16N2O6. The lowest BCUT2D eigenvalue weighted by Crippen LogP contribution is -2.35. The molecule has 2 amide bonds. The van der Waals surface area contributed by atoms with Crippen molar-refractivity contribution >= 4 is 28.6 Å². The van der Waals surface area contributed by atoms with Gasteiger partial charge >= 0.3 is 5.97 Å². The van der Waals surface area contributed by atoms with Gasteiger partial charge in [0.15, 0.2) is 6.61 Å². The first kappa shape index (κ1) is 18.0. The number of esters is 1. The second-order valence-corrected chi connectivity index (χ2v) is 5.80. The molecule has 27 heavy (non-hydrogen) atoms. The SMILES string of the molecule is Cn1cccc1C(=O)NC(=O)COC(=O)c1cc(O)c2ccccc2c1O. The number of aryl methyl sites for hydroxylation is 1. The molecule has 0 aliphatic heterocycles. The van der Waals surface area contributed by atoms with Crippen LogP contribution < -0.4 is 5.32 Å². The molecule has 0 atom stereocenters. The zero-order valence-corrected chi connectivity index (χ0v) is 14.3. The lowest BCUT2D eigenvalue weighted by molar-refractivity contribution is -0.123. The third kappa shape index (κ3) is 3.59. The lowest BCUT2D eigenvalue weighted by atomic mass is 10.0. The summed E-state index contributed by atoms with van der Waals surface area (Å²) in [6, 6.07) is 10.7. The van der Waals surface area contributed by atoms with Crippen molar-refractivity contribution in [1.82, 2.24) is 9.88 Å². The van der Waals surface area contributed by atoms with Crippen molar-refractivity contribution in [2.75, 3.05) is 6.61 Å². The van der Waals surface area contributed by atoms with Crippen LogP contribution in [-0.4, -0.2) is 39.2 Å². The number of hydrogen-bond donors (Lipinski definition) is 3. The topological polar surface area (TPSA) is 118 Å². The number of benzene rings is 2. The Labute approximate surface area is 153 Å². The Morgan fingerprint density at radius 3 is 2.44 bits per heavy atom. The first-order valence-electron chi connectivity index (χ1n) is 7.95. The van der Waals surface area contributed by atoms with E-state index in [9.17, 15) is 24.6 Å². The van der Waals surface area contributed by atoms with E-state index in [1.807, 2.05) is 0 Å². The minimum absolute atomic E-state index is 0.210. The highest BCUT2D eigenvalue weighted by atomic mass is 16.5. The van der Waals surface area contributed by atoms with Gasteiger partial charge in [0.05, 0.1) is 0 Å². The molecule has 2 aromatic carbocycles. The van der Waals surface area contributed by atoms with Gasteiger partial charge in [0.25, 0.3) is 11.8 Å². The Bertz CT molecular complexity index is 1050. The smallest absolute Gasteiger partial charge is 0.342 e. The van der Waals surface area contributed by atoms with E-state index < -0.39 is 24.4 Å². The van der Waals surface area contributed by atoms with Crippen LogP contribution in [-0.2, 0) is 16.6 Å². The highest BCUT2D eigenvalue weighted by molar-refractivity contribution is 6.06. The first-order chi connectivity index (χ1) is 12.9. The van der Waals surface area contributed by atoms with Gasteiger partial charge in [-0.25, -0.2) is 4.79 Å². The number of phenols is 2. The van der Waals surface area contributed by atoms with Gasteiger partial charge in [-0.2, -0.15) is 0 Å². The summed E-state index contributed by atoms with van der Waals surface area (Å²) in [4.78, 5) is 35.9. The maximum Gasteiger partial charge on any atom is 0.342 e. The largest absolute Gasteiger partial charge is 0.507 e. The Kier molecular flexibility index (Phi) is 4.80. The molecular weight excluding hydrogens is 352 g/mol. The highest BCUT2D eigenvalue weighted by Crippen LogP contribution is 2.35. The van der Waals surface area contributed by atoms with E-state index >= 15 is 0 Å². The van der Waals surface area contributed by atoms with Gasteiger partial charge in [-0.1, -0.05) is 24.3 Å². The molecule has 3 aromatic rings. The number of ether oxygens (including phenoxy) is 1. The number of nitrogens with zero attached hydrogens (tertiary/aromatic N) is 1. The Morgan fingerprint density at radius 1 is 1.07 bits per heavy atom. The molecule has 0 radical (unpaired) electrons. The summed E-state index contributed by atoms with van der Waals surface area (Å²) in [6.07, 6.45) is 1.65. The van der Waals surface area contributed by atoms with Gasteiger partial charge in [0, 0.05) is 24.0 Å². The fourth-order valence-electron chi connectivity index (χ4n) is 2.63. The average molecular weight is 368 g/mol. The summed E-state index contributed by atoms with van der Waals surface area (Å²) in [6.45, 7) is -0.720. The number of amides is 2. The summed E-state index contributed by atoms with van der Waals surface area (Å²) in [5.41, 5.74) is -0.0143. The summed E-state index contributed by atoms with van der Waals surface area (Å²) in [5, 5.41) is 23.0.